The number of allylic oxidation sites excluding steroid dienone is 1. The Hall–Kier alpha value is -1.49. The van der Waals surface area contributed by atoms with Gasteiger partial charge < -0.3 is 0 Å². The molecule has 0 spiro atoms. The number of hydrogen-bond donors (Lipinski definition) is 1. The molecule has 76 valence electrons. The predicted octanol–water partition coefficient (Wildman–Crippen LogP) is -0.910. The zero-order chi connectivity index (χ0) is 10.6. The van der Waals surface area contributed by atoms with Crippen molar-refractivity contribution in [2.24, 2.45) is 0 Å². The molecule has 0 radical (unpaired) electrons. The lowest BCUT2D eigenvalue weighted by Crippen LogP contribution is -2.51. The molecule has 1 saturated heterocycles. The van der Waals surface area contributed by atoms with Crippen LogP contribution in [0.15, 0.2) is 12.2 Å². The van der Waals surface area contributed by atoms with E-state index < -0.39 is 0 Å². The van der Waals surface area contributed by atoms with E-state index in [1.54, 1.807) is 11.0 Å². The Labute approximate surface area is 81.8 Å². The van der Waals surface area contributed by atoms with Crippen LogP contribution in [0.2, 0.25) is 0 Å². The number of amides is 2. The van der Waals surface area contributed by atoms with Crippen molar-refractivity contribution in [1.29, 1.82) is 0 Å². The molecule has 14 heavy (non-hydrogen) atoms. The van der Waals surface area contributed by atoms with E-state index in [-0.39, 0.29) is 30.7 Å². The number of hydrogen-bond acceptors (Lipinski definition) is 4. The van der Waals surface area contributed by atoms with E-state index >= 15 is 0 Å². The van der Waals surface area contributed by atoms with Crippen LogP contribution in [0, 0.1) is 0 Å². The second-order valence-corrected chi connectivity index (χ2v) is 3.15. The molecular formula is C9H12N2O3. The third-order valence-corrected chi connectivity index (χ3v) is 1.73. The molecule has 2 amide bonds. The minimum absolute atomic E-state index is 0.0437. The standard InChI is InChI=1S/C9H12N2O3/c1-7(12)3-2-4-11-5-8(13)10-9(14)6-11/h2-3H,4-6H2,1H3,(H,10,13,14)/b3-2+. The van der Waals surface area contributed by atoms with Crippen LogP contribution in [0.4, 0.5) is 0 Å². The van der Waals surface area contributed by atoms with E-state index in [2.05, 4.69) is 5.32 Å². The van der Waals surface area contributed by atoms with Crippen LogP contribution in [0.25, 0.3) is 0 Å². The SMILES string of the molecule is CC(=O)/C=C/CN1CC(=O)NC(=O)C1. The van der Waals surface area contributed by atoms with Crippen LogP contribution in [0.5, 0.6) is 0 Å². The summed E-state index contributed by atoms with van der Waals surface area (Å²) in [5.74, 6) is -0.632. The van der Waals surface area contributed by atoms with Crippen molar-refractivity contribution >= 4 is 17.6 Å². The molecule has 0 bridgehead atoms. The molecular weight excluding hydrogens is 184 g/mol. The fourth-order valence-electron chi connectivity index (χ4n) is 1.19. The summed E-state index contributed by atoms with van der Waals surface area (Å²) in [7, 11) is 0. The third kappa shape index (κ3) is 3.49. The highest BCUT2D eigenvalue weighted by Crippen LogP contribution is 1.94. The van der Waals surface area contributed by atoms with Gasteiger partial charge in [0.15, 0.2) is 5.78 Å². The van der Waals surface area contributed by atoms with Crippen molar-refractivity contribution in [2.45, 2.75) is 6.92 Å². The van der Waals surface area contributed by atoms with Gasteiger partial charge >= 0.3 is 0 Å². The topological polar surface area (TPSA) is 66.5 Å². The highest BCUT2D eigenvalue weighted by atomic mass is 16.2. The maximum atomic E-state index is 10.9. The van der Waals surface area contributed by atoms with Gasteiger partial charge in [-0.3, -0.25) is 24.6 Å². The van der Waals surface area contributed by atoms with Gasteiger partial charge in [0.05, 0.1) is 13.1 Å². The first-order chi connectivity index (χ1) is 6.58. The Bertz CT molecular complexity index is 280. The number of ketones is 1. The fourth-order valence-corrected chi connectivity index (χ4v) is 1.19. The van der Waals surface area contributed by atoms with E-state index in [4.69, 9.17) is 0 Å². The van der Waals surface area contributed by atoms with Crippen molar-refractivity contribution in [1.82, 2.24) is 10.2 Å². The normalized spacial score (nSPS) is 18.6. The first-order valence-electron chi connectivity index (χ1n) is 4.30. The van der Waals surface area contributed by atoms with Gasteiger partial charge in [-0.1, -0.05) is 6.08 Å². The summed E-state index contributed by atoms with van der Waals surface area (Å²) in [4.78, 5) is 34.1. The largest absolute Gasteiger partial charge is 0.295 e. The molecule has 0 saturated carbocycles. The van der Waals surface area contributed by atoms with Gasteiger partial charge in [-0.25, -0.2) is 0 Å². The van der Waals surface area contributed by atoms with Gasteiger partial charge in [0.2, 0.25) is 11.8 Å². The van der Waals surface area contributed by atoms with Gasteiger partial charge in [0.25, 0.3) is 0 Å². The second-order valence-electron chi connectivity index (χ2n) is 3.15. The van der Waals surface area contributed by atoms with Gasteiger partial charge in [0.1, 0.15) is 0 Å². The maximum Gasteiger partial charge on any atom is 0.240 e. The Morgan fingerprint density at radius 1 is 1.43 bits per heavy atom. The van der Waals surface area contributed by atoms with Crippen molar-refractivity contribution in [3.63, 3.8) is 0 Å². The van der Waals surface area contributed by atoms with Gasteiger partial charge in [0, 0.05) is 6.54 Å². The molecule has 1 aliphatic rings. The molecule has 1 aliphatic heterocycles. The number of nitrogens with one attached hydrogen (secondary N) is 1. The van der Waals surface area contributed by atoms with Crippen molar-refractivity contribution < 1.29 is 14.4 Å². The average Bonchev–Trinajstić information content (AvgIpc) is 2.01. The Morgan fingerprint density at radius 2 is 2.00 bits per heavy atom. The van der Waals surface area contributed by atoms with Crippen molar-refractivity contribution in [3.8, 4) is 0 Å². The van der Waals surface area contributed by atoms with Crippen LogP contribution in [-0.2, 0) is 14.4 Å². The lowest BCUT2D eigenvalue weighted by molar-refractivity contribution is -0.135. The summed E-state index contributed by atoms with van der Waals surface area (Å²) in [5.41, 5.74) is 0. The maximum absolute atomic E-state index is 10.9. The predicted molar refractivity (Wildman–Crippen MR) is 49.4 cm³/mol. The zero-order valence-electron chi connectivity index (χ0n) is 7.95. The first kappa shape index (κ1) is 10.6. The summed E-state index contributed by atoms with van der Waals surface area (Å²) >= 11 is 0. The molecule has 1 fully saturated rings. The van der Waals surface area contributed by atoms with Crippen LogP contribution in [0.3, 0.4) is 0 Å². The van der Waals surface area contributed by atoms with Crippen molar-refractivity contribution in [2.75, 3.05) is 19.6 Å². The number of piperazine rings is 1. The Kier molecular flexibility index (Phi) is 3.53. The molecule has 5 nitrogen and oxygen atoms in total. The number of rotatable bonds is 3. The van der Waals surface area contributed by atoms with Crippen LogP contribution in [-0.4, -0.2) is 42.1 Å². The monoisotopic (exact) mass is 196 g/mol. The molecule has 5 heteroatoms. The molecule has 0 aromatic heterocycles. The van der Waals surface area contributed by atoms with Crippen LogP contribution >= 0.6 is 0 Å². The number of carbonyl (C=O) groups excluding carboxylic acids is 3. The van der Waals surface area contributed by atoms with E-state index in [9.17, 15) is 14.4 Å². The minimum Gasteiger partial charge on any atom is -0.295 e. The Morgan fingerprint density at radius 3 is 2.50 bits per heavy atom. The van der Waals surface area contributed by atoms with E-state index in [0.29, 0.717) is 6.54 Å². The van der Waals surface area contributed by atoms with Crippen LogP contribution in [0.1, 0.15) is 6.92 Å². The average molecular weight is 196 g/mol. The molecule has 0 aliphatic carbocycles. The first-order valence-corrected chi connectivity index (χ1v) is 4.30. The van der Waals surface area contributed by atoms with Crippen LogP contribution < -0.4 is 5.32 Å². The number of carbonyl (C=O) groups is 3. The second kappa shape index (κ2) is 4.66. The summed E-state index contributed by atoms with van der Waals surface area (Å²) in [6, 6.07) is 0. The minimum atomic E-state index is -0.294. The van der Waals surface area contributed by atoms with E-state index in [1.807, 2.05) is 0 Å². The molecule has 1 N–H and O–H groups in total. The summed E-state index contributed by atoms with van der Waals surface area (Å²) in [5, 5.41) is 2.20. The Balaban J connectivity index is 2.41. The fraction of sp³-hybridized carbons (Fsp3) is 0.444. The van der Waals surface area contributed by atoms with Gasteiger partial charge in [-0.2, -0.15) is 0 Å². The number of nitrogens with zero attached hydrogens (tertiary/aromatic N) is 1. The van der Waals surface area contributed by atoms with Crippen molar-refractivity contribution in [3.05, 3.63) is 12.2 Å². The molecule has 0 aromatic rings. The van der Waals surface area contributed by atoms with E-state index in [1.165, 1.54) is 13.0 Å². The highest BCUT2D eigenvalue weighted by Gasteiger charge is 2.20. The number of imide groups is 1. The molecule has 0 atom stereocenters. The zero-order valence-corrected chi connectivity index (χ0v) is 7.95. The summed E-state index contributed by atoms with van der Waals surface area (Å²) in [6.45, 7) is 2.30. The van der Waals surface area contributed by atoms with Gasteiger partial charge in [-0.05, 0) is 13.0 Å². The lowest BCUT2D eigenvalue weighted by atomic mass is 10.3. The highest BCUT2D eigenvalue weighted by molar-refractivity contribution is 5.99. The smallest absolute Gasteiger partial charge is 0.240 e. The third-order valence-electron chi connectivity index (χ3n) is 1.73. The summed E-state index contributed by atoms with van der Waals surface area (Å²) < 4.78 is 0. The van der Waals surface area contributed by atoms with Gasteiger partial charge in [-0.15, -0.1) is 0 Å². The molecule has 0 unspecified atom stereocenters. The molecule has 1 rings (SSSR count). The lowest BCUT2D eigenvalue weighted by Gasteiger charge is -2.23. The quantitative estimate of drug-likeness (QED) is 0.469. The molecule has 0 aromatic carbocycles. The molecule has 1 heterocycles. The van der Waals surface area contributed by atoms with E-state index in [0.717, 1.165) is 0 Å². The summed E-state index contributed by atoms with van der Waals surface area (Å²) in [6.07, 6.45) is 3.07.